The Bertz CT molecular complexity index is 1360. The molecule has 0 N–H and O–H groups in total. The predicted molar refractivity (Wildman–Crippen MR) is 124 cm³/mol. The molecule has 0 aliphatic heterocycles. The van der Waals surface area contributed by atoms with Crippen molar-refractivity contribution in [2.75, 3.05) is 0 Å². The van der Waals surface area contributed by atoms with Gasteiger partial charge in [-0.3, -0.25) is 9.36 Å². The lowest BCUT2D eigenvalue weighted by Gasteiger charge is -2.18. The van der Waals surface area contributed by atoms with E-state index in [1.165, 1.54) is 4.57 Å². The summed E-state index contributed by atoms with van der Waals surface area (Å²) in [5, 5.41) is 0. The van der Waals surface area contributed by atoms with E-state index in [-0.39, 0.29) is 23.2 Å². The van der Waals surface area contributed by atoms with Gasteiger partial charge >= 0.3 is 5.69 Å². The van der Waals surface area contributed by atoms with Crippen LogP contribution in [-0.4, -0.2) is 18.7 Å². The molecule has 0 aliphatic carbocycles. The van der Waals surface area contributed by atoms with E-state index in [1.54, 1.807) is 10.9 Å². The highest BCUT2D eigenvalue weighted by molar-refractivity contribution is 5.73. The number of hydrogen-bond donors (Lipinski definition) is 0. The SMILES string of the molecule is Cc1ccc(-n2c(=O)n(CC(C)C)c(=O)c3c2ncn3[C@H](C)c2ccccc2)c(C)c1. The molecule has 0 saturated heterocycles. The smallest absolute Gasteiger partial charge is 0.317 e. The van der Waals surface area contributed by atoms with Crippen LogP contribution in [0.25, 0.3) is 16.9 Å². The third-order valence-corrected chi connectivity index (χ3v) is 5.70. The van der Waals surface area contributed by atoms with E-state index in [4.69, 9.17) is 0 Å². The highest BCUT2D eigenvalue weighted by Crippen LogP contribution is 2.23. The van der Waals surface area contributed by atoms with Gasteiger partial charge in [0.2, 0.25) is 0 Å². The van der Waals surface area contributed by atoms with Gasteiger partial charge in [-0.15, -0.1) is 0 Å². The zero-order chi connectivity index (χ0) is 22.3. The minimum atomic E-state index is -0.351. The molecule has 0 bridgehead atoms. The molecular weight excluding hydrogens is 388 g/mol. The van der Waals surface area contributed by atoms with E-state index in [9.17, 15) is 9.59 Å². The third-order valence-electron chi connectivity index (χ3n) is 5.70. The number of aromatic nitrogens is 4. The quantitative estimate of drug-likeness (QED) is 0.489. The lowest BCUT2D eigenvalue weighted by Crippen LogP contribution is -2.41. The van der Waals surface area contributed by atoms with Gasteiger partial charge in [0.1, 0.15) is 0 Å². The zero-order valence-electron chi connectivity index (χ0n) is 18.7. The Morgan fingerprint density at radius 2 is 1.68 bits per heavy atom. The zero-order valence-corrected chi connectivity index (χ0v) is 18.7. The molecule has 0 unspecified atom stereocenters. The minimum absolute atomic E-state index is 0.100. The molecule has 0 fully saturated rings. The van der Waals surface area contributed by atoms with Crippen molar-refractivity contribution >= 4 is 11.2 Å². The number of nitrogens with zero attached hydrogens (tertiary/aromatic N) is 4. The topological polar surface area (TPSA) is 61.8 Å². The van der Waals surface area contributed by atoms with Crippen molar-refractivity contribution < 1.29 is 0 Å². The van der Waals surface area contributed by atoms with Gasteiger partial charge in [0.15, 0.2) is 11.2 Å². The van der Waals surface area contributed by atoms with Crippen molar-refractivity contribution in [2.24, 2.45) is 5.92 Å². The first-order valence-electron chi connectivity index (χ1n) is 10.6. The summed E-state index contributed by atoms with van der Waals surface area (Å²) in [5.74, 6) is 0.151. The van der Waals surface area contributed by atoms with Gasteiger partial charge in [0.05, 0.1) is 18.1 Å². The number of fused-ring (bicyclic) bond motifs is 1. The lowest BCUT2D eigenvalue weighted by molar-refractivity contribution is 0.488. The van der Waals surface area contributed by atoms with E-state index in [1.807, 2.05) is 87.7 Å². The Morgan fingerprint density at radius 3 is 2.32 bits per heavy atom. The molecule has 0 aliphatic rings. The standard InChI is InChI=1S/C25H28N4O2/c1-16(2)14-27-24(30)22-23(26-15-28(22)19(5)20-9-7-6-8-10-20)29(25(27)31)21-12-11-17(3)13-18(21)4/h6-13,15-16,19H,14H2,1-5H3/t19-/m1/s1. The Kier molecular flexibility index (Phi) is 5.39. The molecule has 160 valence electrons. The number of benzene rings is 2. The highest BCUT2D eigenvalue weighted by Gasteiger charge is 2.22. The molecule has 4 aromatic rings. The van der Waals surface area contributed by atoms with E-state index in [0.29, 0.717) is 17.7 Å². The first-order valence-corrected chi connectivity index (χ1v) is 10.6. The summed E-state index contributed by atoms with van der Waals surface area (Å²) in [6.45, 7) is 10.4. The van der Waals surface area contributed by atoms with Gasteiger partial charge in [-0.05, 0) is 43.9 Å². The molecule has 6 heteroatoms. The minimum Gasteiger partial charge on any atom is -0.317 e. The third kappa shape index (κ3) is 3.63. The van der Waals surface area contributed by atoms with Crippen LogP contribution in [0.2, 0.25) is 0 Å². The van der Waals surface area contributed by atoms with Crippen molar-refractivity contribution in [1.82, 2.24) is 18.7 Å². The largest absolute Gasteiger partial charge is 0.337 e. The van der Waals surface area contributed by atoms with Gasteiger partial charge < -0.3 is 4.57 Å². The molecular formula is C25H28N4O2. The van der Waals surface area contributed by atoms with E-state index in [0.717, 1.165) is 22.4 Å². The fourth-order valence-corrected chi connectivity index (χ4v) is 4.13. The molecule has 31 heavy (non-hydrogen) atoms. The Hall–Kier alpha value is -3.41. The molecule has 0 radical (unpaired) electrons. The van der Waals surface area contributed by atoms with Crippen LogP contribution in [0.5, 0.6) is 0 Å². The average molecular weight is 417 g/mol. The Labute approximate surface area is 181 Å². The number of imidazole rings is 1. The molecule has 6 nitrogen and oxygen atoms in total. The summed E-state index contributed by atoms with van der Waals surface area (Å²) >= 11 is 0. The van der Waals surface area contributed by atoms with Crippen molar-refractivity contribution in [2.45, 2.75) is 47.2 Å². The first kappa shape index (κ1) is 20.8. The second-order valence-corrected chi connectivity index (χ2v) is 8.63. The van der Waals surface area contributed by atoms with Gasteiger partial charge in [0.25, 0.3) is 5.56 Å². The fraction of sp³-hybridized carbons (Fsp3) is 0.320. The second kappa shape index (κ2) is 8.02. The van der Waals surface area contributed by atoms with E-state index in [2.05, 4.69) is 4.98 Å². The van der Waals surface area contributed by atoms with Crippen LogP contribution in [0.4, 0.5) is 0 Å². The van der Waals surface area contributed by atoms with Gasteiger partial charge in [-0.2, -0.15) is 0 Å². The predicted octanol–water partition coefficient (Wildman–Crippen LogP) is 4.23. The van der Waals surface area contributed by atoms with Gasteiger partial charge in [-0.25, -0.2) is 14.3 Å². The normalized spacial score (nSPS) is 12.6. The molecule has 0 saturated carbocycles. The summed E-state index contributed by atoms with van der Waals surface area (Å²) in [4.78, 5) is 31.6. The summed E-state index contributed by atoms with van der Waals surface area (Å²) in [7, 11) is 0. The maximum atomic E-state index is 13.5. The van der Waals surface area contributed by atoms with Crippen LogP contribution < -0.4 is 11.2 Å². The van der Waals surface area contributed by atoms with Crippen LogP contribution in [0, 0.1) is 19.8 Å². The monoisotopic (exact) mass is 416 g/mol. The van der Waals surface area contributed by atoms with Crippen molar-refractivity contribution in [3.8, 4) is 5.69 Å². The van der Waals surface area contributed by atoms with E-state index >= 15 is 0 Å². The summed E-state index contributed by atoms with van der Waals surface area (Å²) < 4.78 is 4.81. The van der Waals surface area contributed by atoms with E-state index < -0.39 is 0 Å². The molecule has 0 amide bonds. The van der Waals surface area contributed by atoms with Crippen LogP contribution in [0.3, 0.4) is 0 Å². The van der Waals surface area contributed by atoms with Crippen LogP contribution in [-0.2, 0) is 6.54 Å². The average Bonchev–Trinajstić information content (AvgIpc) is 3.17. The molecule has 4 rings (SSSR count). The van der Waals surface area contributed by atoms with Crippen LogP contribution >= 0.6 is 0 Å². The highest BCUT2D eigenvalue weighted by atomic mass is 16.2. The lowest BCUT2D eigenvalue weighted by atomic mass is 10.1. The van der Waals surface area contributed by atoms with Crippen LogP contribution in [0.15, 0.2) is 64.4 Å². The van der Waals surface area contributed by atoms with Gasteiger partial charge in [-0.1, -0.05) is 61.9 Å². The van der Waals surface area contributed by atoms with Crippen molar-refractivity contribution in [3.05, 3.63) is 92.4 Å². The molecule has 2 aromatic heterocycles. The molecule has 2 aromatic carbocycles. The Morgan fingerprint density at radius 1 is 0.968 bits per heavy atom. The maximum Gasteiger partial charge on any atom is 0.337 e. The maximum absolute atomic E-state index is 13.5. The summed E-state index contributed by atoms with van der Waals surface area (Å²) in [5.41, 5.74) is 4.08. The first-order chi connectivity index (χ1) is 14.8. The van der Waals surface area contributed by atoms with Crippen molar-refractivity contribution in [1.29, 1.82) is 0 Å². The number of rotatable bonds is 5. The second-order valence-electron chi connectivity index (χ2n) is 8.63. The summed E-state index contributed by atoms with van der Waals surface area (Å²) in [6.07, 6.45) is 1.67. The molecule has 0 spiro atoms. The number of aryl methyl sites for hydroxylation is 2. The molecule has 2 heterocycles. The molecule has 1 atom stereocenters. The van der Waals surface area contributed by atoms with Gasteiger partial charge in [0, 0.05) is 6.54 Å². The fourth-order valence-electron chi connectivity index (χ4n) is 4.13. The van der Waals surface area contributed by atoms with Crippen LogP contribution in [0.1, 0.15) is 43.5 Å². The number of hydrogen-bond acceptors (Lipinski definition) is 3. The summed E-state index contributed by atoms with van der Waals surface area (Å²) in [6, 6.07) is 15.8. The van der Waals surface area contributed by atoms with Crippen molar-refractivity contribution in [3.63, 3.8) is 0 Å². The Balaban J connectivity index is 2.08.